The summed E-state index contributed by atoms with van der Waals surface area (Å²) in [5, 5.41) is 0. The Balaban J connectivity index is 2.04. The monoisotopic (exact) mass is 323 g/mol. The van der Waals surface area contributed by atoms with Gasteiger partial charge < -0.3 is 10.5 Å². The fourth-order valence-electron chi connectivity index (χ4n) is 2.23. The molecule has 1 unspecified atom stereocenters. The molecule has 0 saturated heterocycles. The molecule has 0 fully saturated rings. The van der Waals surface area contributed by atoms with Crippen LogP contribution in [0, 0.1) is 0 Å². The summed E-state index contributed by atoms with van der Waals surface area (Å²) in [4.78, 5) is 23.5. The number of rotatable bonds is 6. The van der Waals surface area contributed by atoms with Gasteiger partial charge in [0.15, 0.2) is 0 Å². The quantitative estimate of drug-likeness (QED) is 0.652. The number of amides is 1. The number of nitrogens with two attached hydrogens (primary N) is 1. The second kappa shape index (κ2) is 8.11. The zero-order chi connectivity index (χ0) is 17.5. The van der Waals surface area contributed by atoms with Crippen LogP contribution in [0.1, 0.15) is 42.6 Å². The smallest absolute Gasteiger partial charge is 0.331 e. The van der Waals surface area contributed by atoms with E-state index in [1.807, 2.05) is 30.3 Å². The Morgan fingerprint density at radius 3 is 2.12 bits per heavy atom. The molecule has 0 saturated carbocycles. The Hall–Kier alpha value is -2.88. The van der Waals surface area contributed by atoms with Gasteiger partial charge in [0.1, 0.15) is 0 Å². The molecule has 2 aromatic rings. The summed E-state index contributed by atoms with van der Waals surface area (Å²) >= 11 is 0. The second-order valence-electron chi connectivity index (χ2n) is 5.78. The molecule has 0 bridgehead atoms. The van der Waals surface area contributed by atoms with Crippen molar-refractivity contribution in [2.24, 2.45) is 5.73 Å². The molecule has 0 aliphatic heterocycles. The molecule has 0 radical (unpaired) electrons. The molecule has 0 aliphatic rings. The summed E-state index contributed by atoms with van der Waals surface area (Å²) in [6, 6.07) is 16.6. The van der Waals surface area contributed by atoms with Gasteiger partial charge in [0.05, 0.1) is 0 Å². The normalized spacial score (nSPS) is 12.3. The van der Waals surface area contributed by atoms with Gasteiger partial charge >= 0.3 is 5.97 Å². The SMILES string of the molecule is CC(C)c1ccc(/C=C/C(=O)OC(C(N)=O)c2ccccc2)cc1. The van der Waals surface area contributed by atoms with E-state index in [9.17, 15) is 9.59 Å². The average molecular weight is 323 g/mol. The highest BCUT2D eigenvalue weighted by atomic mass is 16.5. The Bertz CT molecular complexity index is 718. The minimum absolute atomic E-state index is 0.454. The maximum atomic E-state index is 12.0. The molecule has 2 N–H and O–H groups in total. The summed E-state index contributed by atoms with van der Waals surface area (Å²) in [6.45, 7) is 4.24. The molecular formula is C20H21NO3. The van der Waals surface area contributed by atoms with Crippen molar-refractivity contribution in [2.75, 3.05) is 0 Å². The van der Waals surface area contributed by atoms with Crippen LogP contribution in [-0.2, 0) is 14.3 Å². The van der Waals surface area contributed by atoms with Gasteiger partial charge in [0.2, 0.25) is 6.10 Å². The van der Waals surface area contributed by atoms with Crippen molar-refractivity contribution in [2.45, 2.75) is 25.9 Å². The maximum Gasteiger partial charge on any atom is 0.331 e. The third-order valence-corrected chi connectivity index (χ3v) is 3.61. The topological polar surface area (TPSA) is 69.4 Å². The van der Waals surface area contributed by atoms with Crippen LogP contribution in [0.15, 0.2) is 60.7 Å². The van der Waals surface area contributed by atoms with Crippen LogP contribution in [-0.4, -0.2) is 11.9 Å². The van der Waals surface area contributed by atoms with Crippen molar-refractivity contribution < 1.29 is 14.3 Å². The van der Waals surface area contributed by atoms with Gasteiger partial charge in [0, 0.05) is 11.6 Å². The Morgan fingerprint density at radius 2 is 1.58 bits per heavy atom. The van der Waals surface area contributed by atoms with E-state index >= 15 is 0 Å². The molecule has 0 heterocycles. The fraction of sp³-hybridized carbons (Fsp3) is 0.200. The number of carbonyl (C=O) groups is 2. The number of hydrogen-bond donors (Lipinski definition) is 1. The third-order valence-electron chi connectivity index (χ3n) is 3.61. The lowest BCUT2D eigenvalue weighted by molar-refractivity contribution is -0.150. The highest BCUT2D eigenvalue weighted by molar-refractivity contribution is 5.90. The zero-order valence-corrected chi connectivity index (χ0v) is 13.8. The van der Waals surface area contributed by atoms with Crippen molar-refractivity contribution in [3.63, 3.8) is 0 Å². The summed E-state index contributed by atoms with van der Waals surface area (Å²) in [5.74, 6) is -0.866. The van der Waals surface area contributed by atoms with Crippen LogP contribution in [0.2, 0.25) is 0 Å². The lowest BCUT2D eigenvalue weighted by Crippen LogP contribution is -2.25. The molecule has 2 aromatic carbocycles. The first kappa shape index (κ1) is 17.5. The first-order valence-electron chi connectivity index (χ1n) is 7.80. The van der Waals surface area contributed by atoms with E-state index < -0.39 is 18.0 Å². The van der Waals surface area contributed by atoms with Crippen molar-refractivity contribution in [3.05, 3.63) is 77.4 Å². The molecular weight excluding hydrogens is 302 g/mol. The molecule has 4 heteroatoms. The number of benzene rings is 2. The first-order valence-corrected chi connectivity index (χ1v) is 7.80. The van der Waals surface area contributed by atoms with E-state index in [2.05, 4.69) is 13.8 Å². The maximum absolute atomic E-state index is 12.0. The van der Waals surface area contributed by atoms with E-state index in [1.54, 1.807) is 30.3 Å². The molecule has 1 amide bonds. The lowest BCUT2D eigenvalue weighted by atomic mass is 10.0. The van der Waals surface area contributed by atoms with Gasteiger partial charge in [-0.25, -0.2) is 4.79 Å². The number of hydrogen-bond acceptors (Lipinski definition) is 3. The zero-order valence-electron chi connectivity index (χ0n) is 13.8. The molecule has 24 heavy (non-hydrogen) atoms. The third kappa shape index (κ3) is 4.81. The van der Waals surface area contributed by atoms with Crippen LogP contribution >= 0.6 is 0 Å². The first-order chi connectivity index (χ1) is 11.5. The van der Waals surface area contributed by atoms with E-state index in [0.717, 1.165) is 5.56 Å². The molecule has 4 nitrogen and oxygen atoms in total. The summed E-state index contributed by atoms with van der Waals surface area (Å²) in [7, 11) is 0. The second-order valence-corrected chi connectivity index (χ2v) is 5.78. The standard InChI is InChI=1S/C20H21NO3/c1-14(2)16-11-8-15(9-12-16)10-13-18(22)24-19(20(21)23)17-6-4-3-5-7-17/h3-14,19H,1-2H3,(H2,21,23)/b13-10+. The minimum atomic E-state index is -1.09. The lowest BCUT2D eigenvalue weighted by Gasteiger charge is -2.13. The van der Waals surface area contributed by atoms with Crippen LogP contribution < -0.4 is 5.73 Å². The van der Waals surface area contributed by atoms with Gasteiger partial charge in [-0.3, -0.25) is 4.79 Å². The summed E-state index contributed by atoms with van der Waals surface area (Å²) in [6.07, 6.45) is 1.85. The molecule has 0 aromatic heterocycles. The predicted molar refractivity (Wildman–Crippen MR) is 94.0 cm³/mol. The van der Waals surface area contributed by atoms with Gasteiger partial charge in [-0.1, -0.05) is 68.4 Å². The van der Waals surface area contributed by atoms with Gasteiger partial charge in [-0.15, -0.1) is 0 Å². The average Bonchev–Trinajstić information content (AvgIpc) is 2.58. The van der Waals surface area contributed by atoms with Gasteiger partial charge in [-0.05, 0) is 23.1 Å². The van der Waals surface area contributed by atoms with Crippen molar-refractivity contribution in [1.29, 1.82) is 0 Å². The Morgan fingerprint density at radius 1 is 0.958 bits per heavy atom. The summed E-state index contributed by atoms with van der Waals surface area (Å²) < 4.78 is 5.18. The van der Waals surface area contributed by atoms with E-state index in [0.29, 0.717) is 11.5 Å². The van der Waals surface area contributed by atoms with Crippen LogP contribution in [0.3, 0.4) is 0 Å². The molecule has 0 spiro atoms. The van der Waals surface area contributed by atoms with Gasteiger partial charge in [-0.2, -0.15) is 0 Å². The molecule has 1 atom stereocenters. The number of carbonyl (C=O) groups excluding carboxylic acids is 2. The highest BCUT2D eigenvalue weighted by Crippen LogP contribution is 2.18. The van der Waals surface area contributed by atoms with E-state index in [1.165, 1.54) is 11.6 Å². The number of ether oxygens (including phenoxy) is 1. The van der Waals surface area contributed by atoms with Crippen LogP contribution in [0.25, 0.3) is 6.08 Å². The molecule has 0 aliphatic carbocycles. The minimum Gasteiger partial charge on any atom is -0.444 e. The number of primary amides is 1. The predicted octanol–water partition coefficient (Wildman–Crippen LogP) is 3.59. The van der Waals surface area contributed by atoms with E-state index in [4.69, 9.17) is 10.5 Å². The van der Waals surface area contributed by atoms with Crippen molar-refractivity contribution in [3.8, 4) is 0 Å². The van der Waals surface area contributed by atoms with Crippen LogP contribution in [0.5, 0.6) is 0 Å². The van der Waals surface area contributed by atoms with Crippen molar-refractivity contribution >= 4 is 18.0 Å². The molecule has 2 rings (SSSR count). The van der Waals surface area contributed by atoms with E-state index in [-0.39, 0.29) is 0 Å². The summed E-state index contributed by atoms with van der Waals surface area (Å²) in [5.41, 5.74) is 7.99. The van der Waals surface area contributed by atoms with Crippen LogP contribution in [0.4, 0.5) is 0 Å². The Kier molecular flexibility index (Phi) is 5.90. The van der Waals surface area contributed by atoms with Gasteiger partial charge in [0.25, 0.3) is 5.91 Å². The number of esters is 1. The fourth-order valence-corrected chi connectivity index (χ4v) is 2.23. The molecule has 124 valence electrons. The largest absolute Gasteiger partial charge is 0.444 e. The van der Waals surface area contributed by atoms with Crippen molar-refractivity contribution in [1.82, 2.24) is 0 Å². The highest BCUT2D eigenvalue weighted by Gasteiger charge is 2.21. The Labute approximate surface area is 141 Å².